The first-order valence-corrected chi connectivity index (χ1v) is 8.66. The van der Waals surface area contributed by atoms with Gasteiger partial charge in [0.25, 0.3) is 10.0 Å². The second kappa shape index (κ2) is 5.95. The van der Waals surface area contributed by atoms with Crippen LogP contribution in [0.2, 0.25) is 0 Å². The van der Waals surface area contributed by atoms with Crippen molar-refractivity contribution in [1.29, 1.82) is 0 Å². The minimum absolute atomic E-state index is 0.333. The van der Waals surface area contributed by atoms with E-state index in [0.29, 0.717) is 17.1 Å². The molecule has 0 spiro atoms. The number of sulfonamides is 1. The van der Waals surface area contributed by atoms with Crippen LogP contribution in [-0.4, -0.2) is 15.5 Å². The van der Waals surface area contributed by atoms with E-state index >= 15 is 0 Å². The molecule has 0 saturated carbocycles. The van der Waals surface area contributed by atoms with Gasteiger partial charge in [0.05, 0.1) is 10.6 Å². The van der Waals surface area contributed by atoms with Crippen molar-refractivity contribution in [3.05, 3.63) is 45.6 Å². The molecule has 0 saturated heterocycles. The van der Waals surface area contributed by atoms with E-state index in [2.05, 4.69) is 10.0 Å². The topological polar surface area (TPSA) is 58.2 Å². The third-order valence-corrected chi connectivity index (χ3v) is 5.27. The van der Waals surface area contributed by atoms with E-state index in [-0.39, 0.29) is 0 Å². The highest BCUT2D eigenvalue weighted by Crippen LogP contribution is 2.24. The molecule has 2 N–H and O–H groups in total. The van der Waals surface area contributed by atoms with Crippen LogP contribution in [0.25, 0.3) is 0 Å². The predicted molar refractivity (Wildman–Crippen MR) is 83.8 cm³/mol. The molecule has 0 radical (unpaired) electrons. The van der Waals surface area contributed by atoms with Crippen molar-refractivity contribution in [2.24, 2.45) is 0 Å². The smallest absolute Gasteiger partial charge is 0.262 e. The SMILES string of the molecule is CNCc1cc(S(=O)(=O)Nc2ccsc2)c(C)cc1C. The Balaban J connectivity index is 2.43. The summed E-state index contributed by atoms with van der Waals surface area (Å²) in [4.78, 5) is 0.333. The van der Waals surface area contributed by atoms with E-state index < -0.39 is 10.0 Å². The second-order valence-electron chi connectivity index (χ2n) is 4.69. The van der Waals surface area contributed by atoms with Gasteiger partial charge in [-0.05, 0) is 55.1 Å². The Morgan fingerprint density at radius 2 is 1.95 bits per heavy atom. The molecule has 2 aromatic rings. The molecular weight excluding hydrogens is 292 g/mol. The van der Waals surface area contributed by atoms with Gasteiger partial charge in [-0.2, -0.15) is 11.3 Å². The quantitative estimate of drug-likeness (QED) is 0.893. The molecule has 0 aliphatic rings. The van der Waals surface area contributed by atoms with Crippen molar-refractivity contribution in [2.45, 2.75) is 25.3 Å². The Bertz CT molecular complexity index is 692. The van der Waals surface area contributed by atoms with Crippen molar-refractivity contribution in [1.82, 2.24) is 5.32 Å². The fourth-order valence-electron chi connectivity index (χ4n) is 2.08. The zero-order valence-electron chi connectivity index (χ0n) is 11.7. The highest BCUT2D eigenvalue weighted by Gasteiger charge is 2.18. The van der Waals surface area contributed by atoms with E-state index in [1.165, 1.54) is 11.3 Å². The summed E-state index contributed by atoms with van der Waals surface area (Å²) in [7, 11) is -1.70. The fraction of sp³-hybridized carbons (Fsp3) is 0.286. The van der Waals surface area contributed by atoms with Gasteiger partial charge in [-0.3, -0.25) is 4.72 Å². The van der Waals surface area contributed by atoms with E-state index in [4.69, 9.17) is 0 Å². The third-order valence-electron chi connectivity index (χ3n) is 3.06. The zero-order valence-corrected chi connectivity index (χ0v) is 13.4. The van der Waals surface area contributed by atoms with Gasteiger partial charge in [-0.1, -0.05) is 6.07 Å². The van der Waals surface area contributed by atoms with E-state index in [1.54, 1.807) is 17.5 Å². The highest BCUT2D eigenvalue weighted by atomic mass is 32.2. The van der Waals surface area contributed by atoms with Gasteiger partial charge in [0.2, 0.25) is 0 Å². The number of rotatable bonds is 5. The van der Waals surface area contributed by atoms with Crippen LogP contribution < -0.4 is 10.0 Å². The monoisotopic (exact) mass is 310 g/mol. The van der Waals surface area contributed by atoms with Gasteiger partial charge >= 0.3 is 0 Å². The summed E-state index contributed by atoms with van der Waals surface area (Å²) in [5, 5.41) is 6.67. The molecule has 1 aromatic heterocycles. The maximum absolute atomic E-state index is 12.5. The molecule has 0 amide bonds. The zero-order chi connectivity index (χ0) is 14.8. The summed E-state index contributed by atoms with van der Waals surface area (Å²) in [6.45, 7) is 4.45. The van der Waals surface area contributed by atoms with Gasteiger partial charge in [0.15, 0.2) is 0 Å². The standard InChI is InChI=1S/C14H18N2O2S2/c1-10-6-11(2)14(7-12(10)8-15-3)20(17,18)16-13-4-5-19-9-13/h4-7,9,15-16H,8H2,1-3H3. The molecule has 4 nitrogen and oxygen atoms in total. The maximum Gasteiger partial charge on any atom is 0.262 e. The first-order chi connectivity index (χ1) is 9.44. The lowest BCUT2D eigenvalue weighted by Gasteiger charge is -2.13. The summed E-state index contributed by atoms with van der Waals surface area (Å²) >= 11 is 1.46. The minimum Gasteiger partial charge on any atom is -0.316 e. The summed E-state index contributed by atoms with van der Waals surface area (Å²) < 4.78 is 27.5. The van der Waals surface area contributed by atoms with Crippen molar-refractivity contribution in [3.63, 3.8) is 0 Å². The Labute approximate surface area is 123 Å². The largest absolute Gasteiger partial charge is 0.316 e. The van der Waals surface area contributed by atoms with Gasteiger partial charge in [-0.15, -0.1) is 0 Å². The van der Waals surface area contributed by atoms with E-state index in [1.807, 2.05) is 32.3 Å². The summed E-state index contributed by atoms with van der Waals surface area (Å²) in [5.41, 5.74) is 3.44. The number of hydrogen-bond donors (Lipinski definition) is 2. The highest BCUT2D eigenvalue weighted by molar-refractivity contribution is 7.92. The Kier molecular flexibility index (Phi) is 4.47. The van der Waals surface area contributed by atoms with Crippen LogP contribution in [-0.2, 0) is 16.6 Å². The Morgan fingerprint density at radius 1 is 1.20 bits per heavy atom. The fourth-order valence-corrected chi connectivity index (χ4v) is 4.07. The molecule has 1 heterocycles. The summed E-state index contributed by atoms with van der Waals surface area (Å²) in [6.07, 6.45) is 0. The lowest BCUT2D eigenvalue weighted by Crippen LogP contribution is -2.15. The second-order valence-corrected chi connectivity index (χ2v) is 7.12. The van der Waals surface area contributed by atoms with Crippen LogP contribution >= 0.6 is 11.3 Å². The molecule has 0 bridgehead atoms. The van der Waals surface area contributed by atoms with Gasteiger partial charge in [0.1, 0.15) is 0 Å². The van der Waals surface area contributed by atoms with Gasteiger partial charge in [-0.25, -0.2) is 8.42 Å². The van der Waals surface area contributed by atoms with Crippen LogP contribution in [0.4, 0.5) is 5.69 Å². The number of benzene rings is 1. The molecule has 0 fully saturated rings. The normalized spacial score (nSPS) is 11.6. The molecule has 0 aliphatic carbocycles. The number of thiophene rings is 1. The number of aryl methyl sites for hydroxylation is 2. The van der Waals surface area contributed by atoms with Crippen LogP contribution in [0.3, 0.4) is 0 Å². The molecule has 0 aliphatic heterocycles. The first kappa shape index (κ1) is 15.0. The predicted octanol–water partition coefficient (Wildman–Crippen LogP) is 2.89. The van der Waals surface area contributed by atoms with E-state index in [0.717, 1.165) is 16.7 Å². The van der Waals surface area contributed by atoms with Crippen molar-refractivity contribution < 1.29 is 8.42 Å². The lowest BCUT2D eigenvalue weighted by atomic mass is 10.1. The molecular formula is C14H18N2O2S2. The van der Waals surface area contributed by atoms with Crippen LogP contribution in [0.1, 0.15) is 16.7 Å². The number of hydrogen-bond acceptors (Lipinski definition) is 4. The number of nitrogens with one attached hydrogen (secondary N) is 2. The van der Waals surface area contributed by atoms with Crippen LogP contribution in [0.15, 0.2) is 33.9 Å². The maximum atomic E-state index is 12.5. The minimum atomic E-state index is -3.54. The summed E-state index contributed by atoms with van der Waals surface area (Å²) in [5.74, 6) is 0. The molecule has 20 heavy (non-hydrogen) atoms. The van der Waals surface area contributed by atoms with Crippen molar-refractivity contribution >= 4 is 27.0 Å². The van der Waals surface area contributed by atoms with Crippen LogP contribution in [0.5, 0.6) is 0 Å². The van der Waals surface area contributed by atoms with Gasteiger partial charge in [0, 0.05) is 11.9 Å². The lowest BCUT2D eigenvalue weighted by molar-refractivity contribution is 0.600. The molecule has 0 unspecified atom stereocenters. The van der Waals surface area contributed by atoms with Crippen LogP contribution in [0, 0.1) is 13.8 Å². The Morgan fingerprint density at radius 3 is 2.55 bits per heavy atom. The molecule has 1 aromatic carbocycles. The first-order valence-electron chi connectivity index (χ1n) is 6.24. The molecule has 2 rings (SSSR count). The summed E-state index contributed by atoms with van der Waals surface area (Å²) in [6, 6.07) is 5.41. The third kappa shape index (κ3) is 3.20. The molecule has 108 valence electrons. The number of anilines is 1. The van der Waals surface area contributed by atoms with Crippen molar-refractivity contribution in [3.8, 4) is 0 Å². The Hall–Kier alpha value is -1.37. The van der Waals surface area contributed by atoms with E-state index in [9.17, 15) is 8.42 Å². The van der Waals surface area contributed by atoms with Gasteiger partial charge < -0.3 is 5.32 Å². The molecule has 0 atom stereocenters. The average molecular weight is 310 g/mol. The molecule has 6 heteroatoms. The van der Waals surface area contributed by atoms with Crippen molar-refractivity contribution in [2.75, 3.05) is 11.8 Å². The average Bonchev–Trinajstić information content (AvgIpc) is 2.84.